The first kappa shape index (κ1) is 13.9. The molecule has 0 aromatic carbocycles. The molecule has 0 saturated heterocycles. The average molecular weight is 276 g/mol. The third kappa shape index (κ3) is 2.44. The van der Waals surface area contributed by atoms with Gasteiger partial charge >= 0.3 is 5.69 Å². The van der Waals surface area contributed by atoms with E-state index in [-0.39, 0.29) is 11.4 Å². The molecule has 2 heterocycles. The molecule has 0 aliphatic rings. The van der Waals surface area contributed by atoms with Gasteiger partial charge in [-0.3, -0.25) is 14.8 Å². The van der Waals surface area contributed by atoms with Crippen molar-refractivity contribution < 1.29 is 4.92 Å². The van der Waals surface area contributed by atoms with Crippen molar-refractivity contribution in [3.63, 3.8) is 0 Å². The Balaban J connectivity index is 2.67. The number of aromatic nitrogens is 4. The molecular formula is C12H16N6O2. The van der Waals surface area contributed by atoms with E-state index >= 15 is 0 Å². The highest BCUT2D eigenvalue weighted by molar-refractivity contribution is 5.69. The van der Waals surface area contributed by atoms with Crippen LogP contribution in [-0.4, -0.2) is 31.7 Å². The predicted molar refractivity (Wildman–Crippen MR) is 74.5 cm³/mol. The molecule has 0 aliphatic heterocycles. The zero-order valence-corrected chi connectivity index (χ0v) is 11.6. The predicted octanol–water partition coefficient (Wildman–Crippen LogP) is 2.01. The highest BCUT2D eigenvalue weighted by Gasteiger charge is 2.25. The lowest BCUT2D eigenvalue weighted by molar-refractivity contribution is -0.385. The van der Waals surface area contributed by atoms with Crippen molar-refractivity contribution in [3.8, 4) is 11.4 Å². The van der Waals surface area contributed by atoms with Crippen LogP contribution in [0.15, 0.2) is 12.3 Å². The summed E-state index contributed by atoms with van der Waals surface area (Å²) in [5.41, 5.74) is 1.16. The van der Waals surface area contributed by atoms with Gasteiger partial charge < -0.3 is 5.32 Å². The Labute approximate surface area is 116 Å². The Morgan fingerprint density at radius 2 is 2.20 bits per heavy atom. The van der Waals surface area contributed by atoms with Gasteiger partial charge in [0.2, 0.25) is 5.95 Å². The summed E-state index contributed by atoms with van der Waals surface area (Å²) in [7, 11) is 1.67. The van der Waals surface area contributed by atoms with Gasteiger partial charge in [0.05, 0.1) is 10.6 Å². The minimum absolute atomic E-state index is 0.0816. The second-order valence-corrected chi connectivity index (χ2v) is 4.28. The van der Waals surface area contributed by atoms with E-state index in [1.807, 2.05) is 6.92 Å². The molecule has 0 spiro atoms. The normalized spacial score (nSPS) is 10.6. The van der Waals surface area contributed by atoms with Gasteiger partial charge in [-0.15, -0.1) is 0 Å². The third-order valence-electron chi connectivity index (χ3n) is 2.86. The molecule has 0 saturated carbocycles. The molecule has 2 aromatic rings. The fraction of sp³-hybridized carbons (Fsp3) is 0.417. The first-order chi connectivity index (χ1) is 9.58. The molecule has 2 rings (SSSR count). The van der Waals surface area contributed by atoms with Crippen LogP contribution in [0.1, 0.15) is 19.0 Å². The SMILES string of the molecule is CCCn1nccc1-c1nc(NC)nc(C)c1[N+](=O)[O-]. The summed E-state index contributed by atoms with van der Waals surface area (Å²) in [4.78, 5) is 19.1. The van der Waals surface area contributed by atoms with Crippen LogP contribution in [0.3, 0.4) is 0 Å². The van der Waals surface area contributed by atoms with E-state index in [0.29, 0.717) is 23.9 Å². The quantitative estimate of drug-likeness (QED) is 0.662. The minimum Gasteiger partial charge on any atom is -0.357 e. The van der Waals surface area contributed by atoms with Crippen molar-refractivity contribution in [2.45, 2.75) is 26.8 Å². The zero-order valence-electron chi connectivity index (χ0n) is 11.6. The Hall–Kier alpha value is -2.51. The Morgan fingerprint density at radius 1 is 1.45 bits per heavy atom. The lowest BCUT2D eigenvalue weighted by Crippen LogP contribution is -2.08. The van der Waals surface area contributed by atoms with Crippen molar-refractivity contribution in [1.29, 1.82) is 0 Å². The molecule has 0 unspecified atom stereocenters. The van der Waals surface area contributed by atoms with Crippen LogP contribution in [0.25, 0.3) is 11.4 Å². The van der Waals surface area contributed by atoms with E-state index in [9.17, 15) is 10.1 Å². The van der Waals surface area contributed by atoms with Crippen LogP contribution in [-0.2, 0) is 6.54 Å². The second-order valence-electron chi connectivity index (χ2n) is 4.28. The van der Waals surface area contributed by atoms with Crippen LogP contribution in [0.4, 0.5) is 11.6 Å². The minimum atomic E-state index is -0.451. The van der Waals surface area contributed by atoms with Crippen molar-refractivity contribution in [2.75, 3.05) is 12.4 Å². The molecule has 8 heteroatoms. The molecule has 20 heavy (non-hydrogen) atoms. The van der Waals surface area contributed by atoms with Gasteiger partial charge in [0.25, 0.3) is 0 Å². The number of hydrogen-bond donors (Lipinski definition) is 1. The summed E-state index contributed by atoms with van der Waals surface area (Å²) in [5.74, 6) is 0.354. The van der Waals surface area contributed by atoms with E-state index in [2.05, 4.69) is 20.4 Å². The number of rotatable bonds is 5. The fourth-order valence-corrected chi connectivity index (χ4v) is 2.00. The van der Waals surface area contributed by atoms with Gasteiger partial charge in [-0.2, -0.15) is 5.10 Å². The van der Waals surface area contributed by atoms with Crippen molar-refractivity contribution in [2.24, 2.45) is 0 Å². The van der Waals surface area contributed by atoms with E-state index in [1.165, 1.54) is 0 Å². The maximum Gasteiger partial charge on any atom is 0.318 e. The topological polar surface area (TPSA) is 98.8 Å². The summed E-state index contributed by atoms with van der Waals surface area (Å²) in [5, 5.41) is 18.3. The molecule has 0 amide bonds. The first-order valence-electron chi connectivity index (χ1n) is 6.31. The summed E-state index contributed by atoms with van der Waals surface area (Å²) in [6, 6.07) is 1.73. The van der Waals surface area contributed by atoms with Gasteiger partial charge in [-0.1, -0.05) is 6.92 Å². The van der Waals surface area contributed by atoms with Crippen molar-refractivity contribution in [1.82, 2.24) is 19.7 Å². The average Bonchev–Trinajstić information content (AvgIpc) is 2.85. The highest BCUT2D eigenvalue weighted by atomic mass is 16.6. The summed E-state index contributed by atoms with van der Waals surface area (Å²) in [6.45, 7) is 4.30. The van der Waals surface area contributed by atoms with Crippen molar-refractivity contribution in [3.05, 3.63) is 28.1 Å². The smallest absolute Gasteiger partial charge is 0.318 e. The van der Waals surface area contributed by atoms with E-state index in [4.69, 9.17) is 0 Å². The van der Waals surface area contributed by atoms with Gasteiger partial charge in [0, 0.05) is 19.8 Å². The monoisotopic (exact) mass is 276 g/mol. The second kappa shape index (κ2) is 5.64. The maximum absolute atomic E-state index is 11.3. The van der Waals surface area contributed by atoms with E-state index in [1.54, 1.807) is 30.9 Å². The Bertz CT molecular complexity index is 637. The zero-order chi connectivity index (χ0) is 14.7. The molecule has 0 fully saturated rings. The van der Waals surface area contributed by atoms with Gasteiger partial charge in [-0.05, 0) is 19.4 Å². The van der Waals surface area contributed by atoms with Gasteiger partial charge in [0.1, 0.15) is 5.69 Å². The van der Waals surface area contributed by atoms with Gasteiger partial charge in [-0.25, -0.2) is 9.97 Å². The number of nitro groups is 1. The number of aryl methyl sites for hydroxylation is 2. The molecule has 0 aliphatic carbocycles. The molecule has 2 aromatic heterocycles. The van der Waals surface area contributed by atoms with Crippen LogP contribution < -0.4 is 5.32 Å². The number of hydrogen-bond acceptors (Lipinski definition) is 6. The lowest BCUT2D eigenvalue weighted by Gasteiger charge is -2.09. The van der Waals surface area contributed by atoms with Crippen LogP contribution in [0, 0.1) is 17.0 Å². The van der Waals surface area contributed by atoms with Crippen molar-refractivity contribution >= 4 is 11.6 Å². The third-order valence-corrected chi connectivity index (χ3v) is 2.86. The van der Waals surface area contributed by atoms with Gasteiger partial charge in [0.15, 0.2) is 5.69 Å². The fourth-order valence-electron chi connectivity index (χ4n) is 2.00. The number of nitrogens with one attached hydrogen (secondary N) is 1. The number of anilines is 1. The van der Waals surface area contributed by atoms with E-state index < -0.39 is 4.92 Å². The molecule has 106 valence electrons. The first-order valence-corrected chi connectivity index (χ1v) is 6.31. The van der Waals surface area contributed by atoms with Crippen LogP contribution in [0.5, 0.6) is 0 Å². The largest absolute Gasteiger partial charge is 0.357 e. The Kier molecular flexibility index (Phi) is 3.92. The molecule has 0 atom stereocenters. The van der Waals surface area contributed by atoms with E-state index in [0.717, 1.165) is 6.42 Å². The van der Waals surface area contributed by atoms with Crippen LogP contribution in [0.2, 0.25) is 0 Å². The summed E-state index contributed by atoms with van der Waals surface area (Å²) >= 11 is 0. The molecule has 0 bridgehead atoms. The molecule has 8 nitrogen and oxygen atoms in total. The maximum atomic E-state index is 11.3. The lowest BCUT2D eigenvalue weighted by atomic mass is 10.2. The molecule has 0 radical (unpaired) electrons. The standard InChI is InChI=1S/C12H16N6O2/c1-4-7-17-9(5-6-14-17)10-11(18(19)20)8(2)15-12(13-3)16-10/h5-6H,4,7H2,1-3H3,(H,13,15,16). The highest BCUT2D eigenvalue weighted by Crippen LogP contribution is 2.30. The summed E-state index contributed by atoms with van der Waals surface area (Å²) in [6.07, 6.45) is 2.50. The molecular weight excluding hydrogens is 260 g/mol. The summed E-state index contributed by atoms with van der Waals surface area (Å²) < 4.78 is 1.72. The van der Waals surface area contributed by atoms with Crippen LogP contribution >= 0.6 is 0 Å². The number of nitrogens with zero attached hydrogens (tertiary/aromatic N) is 5. The Morgan fingerprint density at radius 3 is 2.80 bits per heavy atom. The molecule has 1 N–H and O–H groups in total.